The normalized spacial score (nSPS) is 12.5. The molecule has 3 aromatic heterocycles. The summed E-state index contributed by atoms with van der Waals surface area (Å²) in [7, 11) is 10.5. The van der Waals surface area contributed by atoms with Crippen molar-refractivity contribution >= 4 is 50.1 Å². The number of pyridine rings is 1. The van der Waals surface area contributed by atoms with Crippen LogP contribution in [0.1, 0.15) is 161 Å². The van der Waals surface area contributed by atoms with Crippen molar-refractivity contribution in [3.05, 3.63) is 199 Å². The average molecular weight is 1130 g/mol. The molecule has 0 spiro atoms. The largest absolute Gasteiger partial charge is 0.359 e. The summed E-state index contributed by atoms with van der Waals surface area (Å²) < 4.78 is 8.76. The van der Waals surface area contributed by atoms with Gasteiger partial charge in [-0.15, -0.1) is 0 Å². The van der Waals surface area contributed by atoms with Gasteiger partial charge in [0.1, 0.15) is 42.6 Å². The van der Waals surface area contributed by atoms with Crippen molar-refractivity contribution in [2.75, 3.05) is 28.8 Å². The molecule has 0 radical (unpaired) electrons. The van der Waals surface area contributed by atoms with Crippen molar-refractivity contribution in [2.45, 2.75) is 179 Å². The SMILES string of the molecule is CC.CC.CC.CC.CC.CC.CC.CC.CC.Cc1cccc2c3ccccc3n3cc[n+](C)c3c12.Cc1ccccc1-c1n(C)cc[n+]1C.Cc1ccccc1N1C=CN(C)[C@@H]1C.Cc1ccccc1N1c2ccccc2N(C)[C@@H]1C. The molecule has 0 amide bonds. The van der Waals surface area contributed by atoms with Gasteiger partial charge in [-0.05, 0) is 100 Å². The quantitative estimate of drug-likeness (QED) is 0.130. The third-order valence-corrected chi connectivity index (χ3v) is 13.2. The van der Waals surface area contributed by atoms with E-state index in [-0.39, 0.29) is 0 Å². The molecule has 83 heavy (non-hydrogen) atoms. The van der Waals surface area contributed by atoms with Crippen LogP contribution in [0.3, 0.4) is 0 Å². The van der Waals surface area contributed by atoms with E-state index < -0.39 is 0 Å². The number of aromatic nitrogens is 4. The van der Waals surface area contributed by atoms with E-state index >= 15 is 0 Å². The minimum atomic E-state index is 0.350. The van der Waals surface area contributed by atoms with Gasteiger partial charge in [0.05, 0.1) is 43.5 Å². The Bertz CT molecular complexity index is 3120. The lowest BCUT2D eigenvalue weighted by atomic mass is 10.0. The molecule has 2 aliphatic heterocycles. The standard InChI is InChI=1S/C17H15N2.C16H18N2.C12H15N2.C12H16N2.9C2H6/c1-12-6-5-8-14-13-7-3-4-9-15(13)19-11-10-18(2)17(19)16(12)14;1-12-8-4-5-9-14(12)18-13(2)17(3)15-10-6-7-11-16(15)18;1-10-6-4-5-7-11(10)12-13(2)8-9-14(12)3;1-10-6-4-5-7-12(10)14-9-8-13(3)11(14)2;9*1-2/h3-11H,1-2H3;4-11,13H,1-3H3;4-9H,1-3H3;4-9,11H,1-3H3;9*1-2H3/q+1;;+1;;;;;;;;;;/t;13-;;11-;;;;;;;;;/m.0.0........./s1. The zero-order chi connectivity index (χ0) is 63.9. The number of anilines is 4. The molecule has 2 atom stereocenters. The molecule has 6 aromatic carbocycles. The summed E-state index contributed by atoms with van der Waals surface area (Å²) in [4.78, 5) is 9.22. The Morgan fingerprint density at radius 1 is 0.386 bits per heavy atom. The second-order valence-corrected chi connectivity index (χ2v) is 17.5. The highest BCUT2D eigenvalue weighted by Crippen LogP contribution is 2.43. The van der Waals surface area contributed by atoms with Gasteiger partial charge in [-0.25, -0.2) is 13.7 Å². The fourth-order valence-corrected chi connectivity index (χ4v) is 9.33. The third-order valence-electron chi connectivity index (χ3n) is 13.2. The molecule has 0 saturated carbocycles. The van der Waals surface area contributed by atoms with E-state index in [9.17, 15) is 0 Å². The molecule has 0 N–H and O–H groups in total. The molecule has 8 heteroatoms. The first-order chi connectivity index (χ1) is 40.4. The Balaban J connectivity index is 0. The van der Waals surface area contributed by atoms with Crippen molar-refractivity contribution in [1.29, 1.82) is 0 Å². The minimum absolute atomic E-state index is 0.350. The zero-order valence-corrected chi connectivity index (χ0v) is 58.0. The van der Waals surface area contributed by atoms with Crippen LogP contribution in [-0.4, -0.2) is 40.3 Å². The molecule has 456 valence electrons. The van der Waals surface area contributed by atoms with Crippen molar-refractivity contribution < 1.29 is 9.13 Å². The molecule has 9 aromatic rings. The Kier molecular flexibility index (Phi) is 40.6. The van der Waals surface area contributed by atoms with Crippen molar-refractivity contribution in [3.63, 3.8) is 0 Å². The summed E-state index contributed by atoms with van der Waals surface area (Å²) in [6.07, 6.45) is 13.4. The predicted molar refractivity (Wildman–Crippen MR) is 375 cm³/mol. The van der Waals surface area contributed by atoms with E-state index in [1.807, 2.05) is 125 Å². The summed E-state index contributed by atoms with van der Waals surface area (Å²) >= 11 is 0. The molecule has 0 saturated heterocycles. The van der Waals surface area contributed by atoms with E-state index in [4.69, 9.17) is 0 Å². The van der Waals surface area contributed by atoms with Gasteiger partial charge < -0.3 is 19.6 Å². The molecule has 0 aliphatic carbocycles. The lowest BCUT2D eigenvalue weighted by molar-refractivity contribution is -0.659. The highest BCUT2D eigenvalue weighted by Gasteiger charge is 2.31. The van der Waals surface area contributed by atoms with Crippen LogP contribution in [0, 0.1) is 27.7 Å². The van der Waals surface area contributed by atoms with Gasteiger partial charge in [0.25, 0.3) is 11.5 Å². The van der Waals surface area contributed by atoms with Crippen LogP contribution in [0.15, 0.2) is 177 Å². The molecular formula is C75H118N8+2. The van der Waals surface area contributed by atoms with Crippen LogP contribution in [0.25, 0.3) is 38.7 Å². The number of para-hydroxylation sites is 5. The summed E-state index contributed by atoms with van der Waals surface area (Å²) in [5, 5.41) is 3.98. The number of benzene rings is 6. The fraction of sp³-hybridized carbons (Fsp3) is 0.413. The molecule has 0 unspecified atom stereocenters. The van der Waals surface area contributed by atoms with Gasteiger partial charge in [-0.3, -0.25) is 0 Å². The third kappa shape index (κ3) is 19.9. The number of fused-ring (bicyclic) bond motifs is 7. The van der Waals surface area contributed by atoms with E-state index in [1.54, 1.807) is 0 Å². The Morgan fingerprint density at radius 2 is 0.819 bits per heavy atom. The molecular weight excluding hydrogens is 1010 g/mol. The lowest BCUT2D eigenvalue weighted by Crippen LogP contribution is -2.35. The van der Waals surface area contributed by atoms with Crippen molar-refractivity contribution in [3.8, 4) is 11.4 Å². The number of rotatable bonds is 3. The topological polar surface area (TPSA) is 30.1 Å². The first-order valence-corrected chi connectivity index (χ1v) is 31.6. The summed E-state index contributed by atoms with van der Waals surface area (Å²) in [5.74, 6) is 1.24. The highest BCUT2D eigenvalue weighted by atomic mass is 15.4. The number of imidazole rings is 2. The van der Waals surface area contributed by atoms with Crippen LogP contribution in [0.5, 0.6) is 0 Å². The fourth-order valence-electron chi connectivity index (χ4n) is 9.33. The Morgan fingerprint density at radius 3 is 1.31 bits per heavy atom. The number of hydrogen-bond donors (Lipinski definition) is 0. The van der Waals surface area contributed by atoms with E-state index in [2.05, 4.69) is 291 Å². The molecule has 2 aliphatic rings. The van der Waals surface area contributed by atoms with Gasteiger partial charge in [-0.1, -0.05) is 228 Å². The van der Waals surface area contributed by atoms with Gasteiger partial charge in [-0.2, -0.15) is 4.40 Å². The molecule has 8 nitrogen and oxygen atoms in total. The summed E-state index contributed by atoms with van der Waals surface area (Å²) in [5.41, 5.74) is 14.3. The van der Waals surface area contributed by atoms with Crippen LogP contribution in [0.4, 0.5) is 22.7 Å². The minimum Gasteiger partial charge on any atom is -0.359 e. The van der Waals surface area contributed by atoms with Gasteiger partial charge in [0.2, 0.25) is 0 Å². The predicted octanol–water partition coefficient (Wildman–Crippen LogP) is 20.9. The molecule has 0 bridgehead atoms. The maximum atomic E-state index is 2.41. The van der Waals surface area contributed by atoms with Gasteiger partial charge in [0.15, 0.2) is 0 Å². The lowest BCUT2D eigenvalue weighted by Gasteiger charge is -2.28. The smallest absolute Gasteiger partial charge is 0.294 e. The number of hydrogen-bond acceptors (Lipinski definition) is 4. The van der Waals surface area contributed by atoms with E-state index in [0.717, 1.165) is 0 Å². The van der Waals surface area contributed by atoms with E-state index in [0.29, 0.717) is 12.3 Å². The maximum absolute atomic E-state index is 2.41. The van der Waals surface area contributed by atoms with E-state index in [1.165, 1.54) is 83.7 Å². The summed E-state index contributed by atoms with van der Waals surface area (Å²) in [6, 6.07) is 49.2. The monoisotopic (exact) mass is 1130 g/mol. The van der Waals surface area contributed by atoms with Crippen molar-refractivity contribution in [1.82, 2.24) is 13.9 Å². The zero-order valence-electron chi connectivity index (χ0n) is 58.0. The number of nitrogens with zero attached hydrogens (tertiary/aromatic N) is 8. The molecule has 0 fully saturated rings. The number of aryl methyl sites for hydroxylation is 7. The van der Waals surface area contributed by atoms with Crippen LogP contribution in [0.2, 0.25) is 0 Å². The van der Waals surface area contributed by atoms with Gasteiger partial charge in [0, 0.05) is 48.6 Å². The average Bonchev–Trinajstić information content (AvgIpc) is 4.47. The van der Waals surface area contributed by atoms with Crippen molar-refractivity contribution in [2.24, 2.45) is 21.1 Å². The second-order valence-electron chi connectivity index (χ2n) is 17.5. The first kappa shape index (κ1) is 77.7. The van der Waals surface area contributed by atoms with Crippen LogP contribution >= 0.6 is 0 Å². The van der Waals surface area contributed by atoms with Gasteiger partial charge >= 0.3 is 0 Å². The first-order valence-electron chi connectivity index (χ1n) is 31.6. The highest BCUT2D eigenvalue weighted by molar-refractivity contribution is 6.12. The maximum Gasteiger partial charge on any atom is 0.294 e. The Hall–Kier alpha value is -7.32. The van der Waals surface area contributed by atoms with Crippen LogP contribution < -0.4 is 23.8 Å². The Labute approximate surface area is 509 Å². The van der Waals surface area contributed by atoms with Crippen LogP contribution in [-0.2, 0) is 21.1 Å². The molecule has 5 heterocycles. The second kappa shape index (κ2) is 43.4. The molecule has 11 rings (SSSR count). The summed E-state index contributed by atoms with van der Waals surface area (Å²) in [6.45, 7) is 49.1.